The molecular formula is C25H26ClFN2O4. The maximum Gasteiger partial charge on any atom is 0.309 e. The van der Waals surface area contributed by atoms with E-state index in [0.717, 1.165) is 5.56 Å². The maximum absolute atomic E-state index is 13.3. The van der Waals surface area contributed by atoms with Crippen molar-refractivity contribution < 1.29 is 23.5 Å². The van der Waals surface area contributed by atoms with Crippen LogP contribution in [-0.4, -0.2) is 24.4 Å². The molecular weight excluding hydrogens is 447 g/mol. The van der Waals surface area contributed by atoms with Gasteiger partial charge in [0, 0.05) is 24.4 Å². The second-order valence-corrected chi connectivity index (χ2v) is 8.29. The molecule has 8 heteroatoms. The minimum Gasteiger partial charge on any atom is -0.463 e. The number of benzene rings is 2. The predicted octanol–water partition coefficient (Wildman–Crippen LogP) is 4.24. The van der Waals surface area contributed by atoms with Gasteiger partial charge in [-0.3, -0.25) is 14.4 Å². The van der Waals surface area contributed by atoms with E-state index in [9.17, 15) is 18.8 Å². The first-order valence-corrected chi connectivity index (χ1v) is 11.2. The first kappa shape index (κ1) is 24.5. The molecule has 0 aromatic heterocycles. The lowest BCUT2D eigenvalue weighted by Crippen LogP contribution is -2.34. The molecule has 0 spiro atoms. The molecule has 0 bridgehead atoms. The highest BCUT2D eigenvalue weighted by Gasteiger charge is 2.25. The van der Waals surface area contributed by atoms with Crippen LogP contribution in [0.1, 0.15) is 42.9 Å². The Kier molecular flexibility index (Phi) is 9.01. The summed E-state index contributed by atoms with van der Waals surface area (Å²) >= 11 is 5.87. The largest absolute Gasteiger partial charge is 0.463 e. The van der Waals surface area contributed by atoms with Gasteiger partial charge in [-0.1, -0.05) is 48.0 Å². The molecule has 2 aromatic carbocycles. The summed E-state index contributed by atoms with van der Waals surface area (Å²) in [5.74, 6) is -2.04. The molecule has 0 fully saturated rings. The summed E-state index contributed by atoms with van der Waals surface area (Å²) in [6.45, 7) is 0.217. The molecule has 33 heavy (non-hydrogen) atoms. The summed E-state index contributed by atoms with van der Waals surface area (Å²) in [6.07, 6.45) is 4.70. The van der Waals surface area contributed by atoms with Crippen molar-refractivity contribution in [2.24, 2.45) is 5.92 Å². The van der Waals surface area contributed by atoms with Crippen molar-refractivity contribution in [3.05, 3.63) is 82.6 Å². The van der Waals surface area contributed by atoms with Crippen molar-refractivity contribution in [1.29, 1.82) is 0 Å². The molecule has 2 N–H and O–H groups in total. The Labute approximate surface area is 197 Å². The fraction of sp³-hybridized carbons (Fsp3) is 0.320. The van der Waals surface area contributed by atoms with Crippen LogP contribution in [0.15, 0.2) is 60.7 Å². The number of amides is 2. The van der Waals surface area contributed by atoms with Crippen LogP contribution in [0, 0.1) is 11.7 Å². The van der Waals surface area contributed by atoms with E-state index in [-0.39, 0.29) is 31.3 Å². The minimum absolute atomic E-state index is 0.0235. The summed E-state index contributed by atoms with van der Waals surface area (Å²) in [5, 5.41) is 6.25. The van der Waals surface area contributed by atoms with Crippen molar-refractivity contribution in [3.63, 3.8) is 0 Å². The van der Waals surface area contributed by atoms with E-state index in [1.807, 2.05) is 18.2 Å². The maximum atomic E-state index is 13.3. The quantitative estimate of drug-likeness (QED) is 0.503. The van der Waals surface area contributed by atoms with Gasteiger partial charge in [0.25, 0.3) is 0 Å². The Balaban J connectivity index is 1.64. The first-order chi connectivity index (χ1) is 15.9. The van der Waals surface area contributed by atoms with E-state index >= 15 is 0 Å². The zero-order valence-corrected chi connectivity index (χ0v) is 18.8. The highest BCUT2D eigenvalue weighted by molar-refractivity contribution is 6.30. The molecule has 6 nitrogen and oxygen atoms in total. The van der Waals surface area contributed by atoms with Gasteiger partial charge >= 0.3 is 5.97 Å². The average Bonchev–Trinajstić information content (AvgIpc) is 2.80. The number of carbonyl (C=O) groups excluding carboxylic acids is 3. The van der Waals surface area contributed by atoms with E-state index in [4.69, 9.17) is 16.3 Å². The lowest BCUT2D eigenvalue weighted by molar-refractivity contribution is -0.151. The zero-order valence-electron chi connectivity index (χ0n) is 18.1. The van der Waals surface area contributed by atoms with Crippen LogP contribution in [0.25, 0.3) is 0 Å². The Morgan fingerprint density at radius 2 is 1.82 bits per heavy atom. The van der Waals surface area contributed by atoms with Gasteiger partial charge < -0.3 is 15.4 Å². The molecule has 1 aliphatic rings. The number of nitrogens with one attached hydrogen (secondary N) is 2. The predicted molar refractivity (Wildman–Crippen MR) is 123 cm³/mol. The van der Waals surface area contributed by atoms with Crippen molar-refractivity contribution in [2.75, 3.05) is 6.61 Å². The molecule has 0 unspecified atom stereocenters. The smallest absolute Gasteiger partial charge is 0.309 e. The van der Waals surface area contributed by atoms with Gasteiger partial charge in [0.05, 0.1) is 12.0 Å². The number of hydrogen-bond acceptors (Lipinski definition) is 4. The van der Waals surface area contributed by atoms with Crippen molar-refractivity contribution >= 4 is 29.4 Å². The zero-order chi connectivity index (χ0) is 23.6. The number of rotatable bonds is 5. The van der Waals surface area contributed by atoms with Crippen molar-refractivity contribution in [2.45, 2.75) is 38.3 Å². The van der Waals surface area contributed by atoms with Gasteiger partial charge in [-0.15, -0.1) is 0 Å². The number of carbonyl (C=O) groups is 3. The van der Waals surface area contributed by atoms with Crippen LogP contribution in [0.5, 0.6) is 0 Å². The summed E-state index contributed by atoms with van der Waals surface area (Å²) in [4.78, 5) is 37.5. The third-order valence-electron chi connectivity index (χ3n) is 5.29. The van der Waals surface area contributed by atoms with Crippen LogP contribution < -0.4 is 10.6 Å². The van der Waals surface area contributed by atoms with Gasteiger partial charge in [0.2, 0.25) is 11.8 Å². The fourth-order valence-electron chi connectivity index (χ4n) is 3.42. The summed E-state index contributed by atoms with van der Waals surface area (Å²) < 4.78 is 18.8. The van der Waals surface area contributed by atoms with Gasteiger partial charge in [-0.05, 0) is 48.2 Å². The number of halogens is 2. The van der Waals surface area contributed by atoms with E-state index in [1.165, 1.54) is 12.1 Å². The minimum atomic E-state index is -0.657. The first-order valence-electron chi connectivity index (χ1n) is 10.8. The lowest BCUT2D eigenvalue weighted by Gasteiger charge is -2.22. The Morgan fingerprint density at radius 3 is 2.55 bits per heavy atom. The second-order valence-electron chi connectivity index (χ2n) is 7.85. The molecule has 3 rings (SSSR count). The number of allylic oxidation sites excluding steroid dienone is 2. The summed E-state index contributed by atoms with van der Waals surface area (Å²) in [5.41, 5.74) is 1.52. The topological polar surface area (TPSA) is 84.5 Å². The summed E-state index contributed by atoms with van der Waals surface area (Å²) in [6, 6.07) is 12.2. The molecule has 0 saturated carbocycles. The van der Waals surface area contributed by atoms with Crippen LogP contribution in [0.3, 0.4) is 0 Å². The fourth-order valence-corrected chi connectivity index (χ4v) is 3.55. The third-order valence-corrected chi connectivity index (χ3v) is 5.55. The second kappa shape index (κ2) is 12.2. The van der Waals surface area contributed by atoms with Crippen LogP contribution >= 0.6 is 11.6 Å². The van der Waals surface area contributed by atoms with Crippen LogP contribution in [0.2, 0.25) is 5.02 Å². The molecule has 0 radical (unpaired) electrons. The van der Waals surface area contributed by atoms with Gasteiger partial charge in [-0.25, -0.2) is 4.39 Å². The lowest BCUT2D eigenvalue weighted by atomic mass is 9.99. The van der Waals surface area contributed by atoms with Gasteiger partial charge in [-0.2, -0.15) is 0 Å². The third kappa shape index (κ3) is 8.02. The monoisotopic (exact) mass is 472 g/mol. The molecule has 2 atom stereocenters. The Bertz CT molecular complexity index is 992. The molecule has 1 heterocycles. The number of cyclic esters (lactones) is 1. The van der Waals surface area contributed by atoms with Gasteiger partial charge in [0.1, 0.15) is 12.4 Å². The molecule has 2 aromatic rings. The SMILES string of the molecule is O=C(C[C@@H]1CC=CCCC(=O)N[C@H](c2ccc(F)cc2)COC1=O)NCc1ccc(Cl)cc1. The molecule has 2 amide bonds. The van der Waals surface area contributed by atoms with E-state index < -0.39 is 23.7 Å². The molecule has 174 valence electrons. The highest BCUT2D eigenvalue weighted by atomic mass is 35.5. The summed E-state index contributed by atoms with van der Waals surface area (Å²) in [7, 11) is 0. The highest BCUT2D eigenvalue weighted by Crippen LogP contribution is 2.19. The Morgan fingerprint density at radius 1 is 1.09 bits per heavy atom. The average molecular weight is 473 g/mol. The van der Waals surface area contributed by atoms with E-state index in [1.54, 1.807) is 30.3 Å². The number of hydrogen-bond donors (Lipinski definition) is 2. The molecule has 0 saturated heterocycles. The van der Waals surface area contributed by atoms with Crippen LogP contribution in [-0.2, 0) is 25.7 Å². The number of esters is 1. The Hall–Kier alpha value is -3.19. The normalized spacial score (nSPS) is 19.6. The van der Waals surface area contributed by atoms with E-state index in [2.05, 4.69) is 10.6 Å². The standard InChI is InChI=1S/C25H26ClFN2O4/c26-20-10-6-17(7-11-20)15-28-24(31)14-19-4-2-1-3-5-23(30)29-22(16-33-25(19)32)18-8-12-21(27)13-9-18/h1-2,6-13,19,22H,3-5,14-16H2,(H,28,31)(H,29,30)/t19-,22-/m0/s1. The van der Waals surface area contributed by atoms with E-state index in [0.29, 0.717) is 30.0 Å². The van der Waals surface area contributed by atoms with Crippen molar-refractivity contribution in [3.8, 4) is 0 Å². The molecule has 0 aliphatic carbocycles. The van der Waals surface area contributed by atoms with Crippen molar-refractivity contribution in [1.82, 2.24) is 10.6 Å². The van der Waals surface area contributed by atoms with Crippen LogP contribution in [0.4, 0.5) is 4.39 Å². The molecule has 1 aliphatic heterocycles. The number of ether oxygens (including phenoxy) is 1. The van der Waals surface area contributed by atoms with Gasteiger partial charge in [0.15, 0.2) is 0 Å².